The van der Waals surface area contributed by atoms with Crippen molar-refractivity contribution in [3.63, 3.8) is 0 Å². The number of nitrogens with one attached hydrogen (secondary N) is 1. The van der Waals surface area contributed by atoms with E-state index in [0.717, 1.165) is 17.9 Å². The summed E-state index contributed by atoms with van der Waals surface area (Å²) in [5.41, 5.74) is 2.21. The van der Waals surface area contributed by atoms with E-state index in [1.807, 2.05) is 54.8 Å². The second kappa shape index (κ2) is 3.96. The monoisotopic (exact) mass is 187 g/mol. The number of nitrogens with zero attached hydrogens (tertiary/aromatic N) is 2. The summed E-state index contributed by atoms with van der Waals surface area (Å²) in [6, 6.07) is 10.1. The van der Waals surface area contributed by atoms with Gasteiger partial charge in [0.2, 0.25) is 0 Å². The molecule has 0 spiro atoms. The Morgan fingerprint density at radius 1 is 1.29 bits per heavy atom. The second-order valence-electron chi connectivity index (χ2n) is 3.33. The molecule has 0 saturated heterocycles. The molecule has 1 heterocycles. The third-order valence-corrected chi connectivity index (χ3v) is 1.99. The van der Waals surface area contributed by atoms with Crippen LogP contribution in [0.1, 0.15) is 0 Å². The van der Waals surface area contributed by atoms with Gasteiger partial charge >= 0.3 is 0 Å². The van der Waals surface area contributed by atoms with Gasteiger partial charge in [-0.15, -0.1) is 0 Å². The average molecular weight is 187 g/mol. The first-order valence-corrected chi connectivity index (χ1v) is 4.59. The van der Waals surface area contributed by atoms with Crippen LogP contribution in [0.15, 0.2) is 47.2 Å². The Balaban J connectivity index is 2.05. The largest absolute Gasteiger partial charge is 0.360 e. The number of rotatable bonds is 2. The zero-order valence-electron chi connectivity index (χ0n) is 8.14. The Labute approximate surface area is 83.8 Å². The Morgan fingerprint density at radius 3 is 2.79 bits per heavy atom. The fourth-order valence-electron chi connectivity index (χ4n) is 1.37. The van der Waals surface area contributed by atoms with Crippen molar-refractivity contribution in [2.75, 3.05) is 18.9 Å². The molecule has 0 saturated carbocycles. The number of hydrogen-bond donors (Lipinski definition) is 1. The van der Waals surface area contributed by atoms with Crippen LogP contribution < -0.4 is 5.32 Å². The maximum absolute atomic E-state index is 4.11. The molecule has 0 aliphatic carbocycles. The first-order chi connectivity index (χ1) is 6.84. The third-order valence-electron chi connectivity index (χ3n) is 1.99. The summed E-state index contributed by atoms with van der Waals surface area (Å²) in [5.74, 6) is 0. The predicted molar refractivity (Wildman–Crippen MR) is 59.3 cm³/mol. The SMILES string of the molecule is CN1C=NC=C(Nc2ccccc2)C1. The molecule has 14 heavy (non-hydrogen) atoms. The van der Waals surface area contributed by atoms with E-state index in [-0.39, 0.29) is 0 Å². The lowest BCUT2D eigenvalue weighted by Gasteiger charge is -2.19. The second-order valence-corrected chi connectivity index (χ2v) is 3.33. The molecule has 1 aromatic carbocycles. The summed E-state index contributed by atoms with van der Waals surface area (Å²) in [5, 5.41) is 3.32. The predicted octanol–water partition coefficient (Wildman–Crippen LogP) is 1.91. The van der Waals surface area contributed by atoms with Gasteiger partial charge < -0.3 is 10.2 Å². The van der Waals surface area contributed by atoms with Gasteiger partial charge in [0.1, 0.15) is 0 Å². The summed E-state index contributed by atoms with van der Waals surface area (Å²) in [6.07, 6.45) is 3.67. The fraction of sp³-hybridized carbons (Fsp3) is 0.182. The molecule has 1 aliphatic rings. The summed E-state index contributed by atoms with van der Waals surface area (Å²) >= 11 is 0. The van der Waals surface area contributed by atoms with Gasteiger partial charge in [-0.05, 0) is 12.1 Å². The van der Waals surface area contributed by atoms with Gasteiger partial charge in [0.25, 0.3) is 0 Å². The first kappa shape index (κ1) is 8.81. The van der Waals surface area contributed by atoms with Gasteiger partial charge in [0.05, 0.1) is 18.6 Å². The Kier molecular flexibility index (Phi) is 2.49. The van der Waals surface area contributed by atoms with E-state index >= 15 is 0 Å². The van der Waals surface area contributed by atoms with Crippen LogP contribution in [0.5, 0.6) is 0 Å². The van der Waals surface area contributed by atoms with Gasteiger partial charge in [0.15, 0.2) is 0 Å². The number of benzene rings is 1. The summed E-state index contributed by atoms with van der Waals surface area (Å²) < 4.78 is 0. The molecular weight excluding hydrogens is 174 g/mol. The minimum Gasteiger partial charge on any atom is -0.360 e. The van der Waals surface area contributed by atoms with Crippen LogP contribution in [0.4, 0.5) is 5.69 Å². The molecule has 0 radical (unpaired) electrons. The van der Waals surface area contributed by atoms with Crippen LogP contribution in [-0.2, 0) is 0 Å². The topological polar surface area (TPSA) is 27.6 Å². The summed E-state index contributed by atoms with van der Waals surface area (Å²) in [6.45, 7) is 0.873. The average Bonchev–Trinajstić information content (AvgIpc) is 2.19. The van der Waals surface area contributed by atoms with Crippen molar-refractivity contribution in [1.82, 2.24) is 4.90 Å². The zero-order valence-corrected chi connectivity index (χ0v) is 8.14. The Hall–Kier alpha value is -1.77. The van der Waals surface area contributed by atoms with Crippen molar-refractivity contribution in [1.29, 1.82) is 0 Å². The number of para-hydroxylation sites is 1. The molecule has 1 aromatic rings. The van der Waals surface area contributed by atoms with Crippen molar-refractivity contribution >= 4 is 12.0 Å². The molecule has 0 atom stereocenters. The highest BCUT2D eigenvalue weighted by Crippen LogP contribution is 2.10. The van der Waals surface area contributed by atoms with Crippen molar-refractivity contribution in [3.05, 3.63) is 42.2 Å². The van der Waals surface area contributed by atoms with E-state index in [1.165, 1.54) is 0 Å². The smallest absolute Gasteiger partial charge is 0.0906 e. The van der Waals surface area contributed by atoms with Crippen LogP contribution in [0.25, 0.3) is 0 Å². The standard InChI is InChI=1S/C11H13N3/c1-14-8-11(7-12-9-14)13-10-5-3-2-4-6-10/h2-7,9,13H,8H2,1H3. The van der Waals surface area contributed by atoms with Crippen LogP contribution in [0, 0.1) is 0 Å². The molecule has 0 unspecified atom stereocenters. The third kappa shape index (κ3) is 2.13. The quantitative estimate of drug-likeness (QED) is 0.766. The van der Waals surface area contributed by atoms with Crippen LogP contribution in [-0.4, -0.2) is 24.8 Å². The summed E-state index contributed by atoms with van der Waals surface area (Å²) in [7, 11) is 2.00. The molecule has 1 aliphatic heterocycles. The maximum atomic E-state index is 4.11. The fourth-order valence-corrected chi connectivity index (χ4v) is 1.37. The molecule has 3 nitrogen and oxygen atoms in total. The van der Waals surface area contributed by atoms with E-state index < -0.39 is 0 Å². The molecule has 72 valence electrons. The number of likely N-dealkylation sites (N-methyl/N-ethyl adjacent to an activating group) is 1. The summed E-state index contributed by atoms with van der Waals surface area (Å²) in [4.78, 5) is 6.15. The highest BCUT2D eigenvalue weighted by atomic mass is 15.2. The van der Waals surface area contributed by atoms with Crippen molar-refractivity contribution in [2.24, 2.45) is 4.99 Å². The molecule has 0 fully saturated rings. The molecule has 0 bridgehead atoms. The molecular formula is C11H13N3. The van der Waals surface area contributed by atoms with Gasteiger partial charge in [-0.3, -0.25) is 0 Å². The number of anilines is 1. The highest BCUT2D eigenvalue weighted by Gasteiger charge is 2.03. The number of hydrogen-bond acceptors (Lipinski definition) is 3. The normalized spacial score (nSPS) is 15.2. The van der Waals surface area contributed by atoms with E-state index in [4.69, 9.17) is 0 Å². The van der Waals surface area contributed by atoms with E-state index in [1.54, 1.807) is 0 Å². The van der Waals surface area contributed by atoms with Gasteiger partial charge in [-0.1, -0.05) is 18.2 Å². The van der Waals surface area contributed by atoms with Crippen LogP contribution in [0.2, 0.25) is 0 Å². The maximum Gasteiger partial charge on any atom is 0.0906 e. The van der Waals surface area contributed by atoms with Gasteiger partial charge in [-0.2, -0.15) is 0 Å². The molecule has 3 heteroatoms. The van der Waals surface area contributed by atoms with Crippen molar-refractivity contribution in [2.45, 2.75) is 0 Å². The van der Waals surface area contributed by atoms with Gasteiger partial charge in [0, 0.05) is 18.9 Å². The minimum atomic E-state index is 0.873. The molecule has 0 amide bonds. The van der Waals surface area contributed by atoms with Crippen molar-refractivity contribution < 1.29 is 0 Å². The first-order valence-electron chi connectivity index (χ1n) is 4.59. The molecule has 2 rings (SSSR count). The molecule has 0 aromatic heterocycles. The van der Waals surface area contributed by atoms with Gasteiger partial charge in [-0.25, -0.2) is 4.99 Å². The van der Waals surface area contributed by atoms with E-state index in [2.05, 4.69) is 10.3 Å². The van der Waals surface area contributed by atoms with E-state index in [0.29, 0.717) is 0 Å². The van der Waals surface area contributed by atoms with Crippen molar-refractivity contribution in [3.8, 4) is 0 Å². The lowest BCUT2D eigenvalue weighted by Crippen LogP contribution is -2.24. The lowest BCUT2D eigenvalue weighted by atomic mass is 10.3. The van der Waals surface area contributed by atoms with Crippen LogP contribution >= 0.6 is 0 Å². The zero-order chi connectivity index (χ0) is 9.80. The Bertz CT molecular complexity index is 354. The lowest BCUT2D eigenvalue weighted by molar-refractivity contribution is 0.558. The Morgan fingerprint density at radius 2 is 2.07 bits per heavy atom. The van der Waals surface area contributed by atoms with Crippen LogP contribution in [0.3, 0.4) is 0 Å². The van der Waals surface area contributed by atoms with E-state index in [9.17, 15) is 0 Å². The molecule has 1 N–H and O–H groups in total. The number of aliphatic imine (C=N–C) groups is 1. The minimum absolute atomic E-state index is 0.873. The highest BCUT2D eigenvalue weighted by molar-refractivity contribution is 5.59.